The number of nitrogens with zero attached hydrogens (tertiary/aromatic N) is 2. The summed E-state index contributed by atoms with van der Waals surface area (Å²) in [6.07, 6.45) is 3.93. The molecular weight excluding hydrogens is 176 g/mol. The minimum Gasteiger partial charge on any atom is -0.276 e. The lowest BCUT2D eigenvalue weighted by atomic mass is 10.0. The Morgan fingerprint density at radius 3 is 2.71 bits per heavy atom. The Morgan fingerprint density at radius 2 is 2.29 bits per heavy atom. The monoisotopic (exact) mass is 196 g/mol. The lowest BCUT2D eigenvalue weighted by Gasteiger charge is -2.16. The smallest absolute Gasteiger partial charge is 0.0640 e. The molecule has 0 saturated heterocycles. The summed E-state index contributed by atoms with van der Waals surface area (Å²) in [4.78, 5) is 0. The van der Waals surface area contributed by atoms with Gasteiger partial charge in [-0.15, -0.1) is 0 Å². The molecule has 1 atom stereocenters. The second-order valence-corrected chi connectivity index (χ2v) is 4.18. The molecule has 0 spiro atoms. The fourth-order valence-electron chi connectivity index (χ4n) is 1.60. The Hall–Kier alpha value is -0.870. The molecule has 14 heavy (non-hydrogen) atoms. The van der Waals surface area contributed by atoms with Crippen molar-refractivity contribution >= 4 is 0 Å². The predicted molar refractivity (Wildman–Crippen MR) is 57.5 cm³/mol. The Kier molecular flexibility index (Phi) is 4.10. The summed E-state index contributed by atoms with van der Waals surface area (Å²) < 4.78 is 1.82. The number of aryl methyl sites for hydroxylation is 1. The Bertz CT molecular complexity index is 267. The number of rotatable bonds is 5. The third-order valence-electron chi connectivity index (χ3n) is 2.22. The Balaban J connectivity index is 2.48. The number of hydrazine groups is 1. The summed E-state index contributed by atoms with van der Waals surface area (Å²) in [6.45, 7) is 4.39. The molecule has 0 saturated carbocycles. The SMILES string of the molecule is CC(C)CC(Cc1ccn(C)n1)NN. The van der Waals surface area contributed by atoms with Crippen molar-refractivity contribution in [1.29, 1.82) is 0 Å². The first-order valence-corrected chi connectivity index (χ1v) is 5.06. The highest BCUT2D eigenvalue weighted by molar-refractivity contribution is 5.01. The van der Waals surface area contributed by atoms with Crippen molar-refractivity contribution in [1.82, 2.24) is 15.2 Å². The van der Waals surface area contributed by atoms with E-state index in [-0.39, 0.29) is 0 Å². The average molecular weight is 196 g/mol. The van der Waals surface area contributed by atoms with E-state index in [1.165, 1.54) is 0 Å². The summed E-state index contributed by atoms with van der Waals surface area (Å²) >= 11 is 0. The van der Waals surface area contributed by atoms with E-state index in [4.69, 9.17) is 5.84 Å². The molecule has 80 valence electrons. The van der Waals surface area contributed by atoms with Crippen molar-refractivity contribution < 1.29 is 0 Å². The molecule has 3 N–H and O–H groups in total. The Labute approximate surface area is 85.5 Å². The van der Waals surface area contributed by atoms with Crippen molar-refractivity contribution in [3.8, 4) is 0 Å². The maximum absolute atomic E-state index is 5.49. The van der Waals surface area contributed by atoms with Gasteiger partial charge in [-0.05, 0) is 18.4 Å². The maximum Gasteiger partial charge on any atom is 0.0640 e. The van der Waals surface area contributed by atoms with Crippen LogP contribution in [0.4, 0.5) is 0 Å². The van der Waals surface area contributed by atoms with Crippen LogP contribution in [0.2, 0.25) is 0 Å². The minimum absolute atomic E-state index is 0.324. The molecule has 4 heteroatoms. The van der Waals surface area contributed by atoms with E-state index in [2.05, 4.69) is 24.4 Å². The first-order valence-electron chi connectivity index (χ1n) is 5.06. The van der Waals surface area contributed by atoms with Gasteiger partial charge in [0.2, 0.25) is 0 Å². The molecule has 0 radical (unpaired) electrons. The fraction of sp³-hybridized carbons (Fsp3) is 0.700. The minimum atomic E-state index is 0.324. The van der Waals surface area contributed by atoms with Crippen LogP contribution in [-0.4, -0.2) is 15.8 Å². The molecule has 1 heterocycles. The van der Waals surface area contributed by atoms with Crippen LogP contribution in [0.1, 0.15) is 26.0 Å². The van der Waals surface area contributed by atoms with Gasteiger partial charge >= 0.3 is 0 Å². The van der Waals surface area contributed by atoms with Crippen LogP contribution in [0.15, 0.2) is 12.3 Å². The molecule has 1 aromatic rings. The summed E-state index contributed by atoms with van der Waals surface area (Å²) in [5.74, 6) is 6.14. The second-order valence-electron chi connectivity index (χ2n) is 4.18. The van der Waals surface area contributed by atoms with Crippen molar-refractivity contribution in [3.63, 3.8) is 0 Å². The van der Waals surface area contributed by atoms with Gasteiger partial charge in [0.05, 0.1) is 5.69 Å². The molecule has 0 amide bonds. The van der Waals surface area contributed by atoms with E-state index in [0.717, 1.165) is 18.5 Å². The number of hydrogen-bond donors (Lipinski definition) is 2. The largest absolute Gasteiger partial charge is 0.276 e. The van der Waals surface area contributed by atoms with Gasteiger partial charge in [-0.1, -0.05) is 13.8 Å². The highest BCUT2D eigenvalue weighted by Gasteiger charge is 2.11. The van der Waals surface area contributed by atoms with E-state index in [1.807, 2.05) is 24.0 Å². The van der Waals surface area contributed by atoms with Crippen molar-refractivity contribution in [2.45, 2.75) is 32.7 Å². The summed E-state index contributed by atoms with van der Waals surface area (Å²) in [7, 11) is 1.93. The van der Waals surface area contributed by atoms with Crippen LogP contribution in [0.25, 0.3) is 0 Å². The van der Waals surface area contributed by atoms with Crippen LogP contribution in [0.5, 0.6) is 0 Å². The first-order chi connectivity index (χ1) is 6.61. The summed E-state index contributed by atoms with van der Waals surface area (Å²) in [6, 6.07) is 2.36. The van der Waals surface area contributed by atoms with Crippen LogP contribution in [-0.2, 0) is 13.5 Å². The third-order valence-corrected chi connectivity index (χ3v) is 2.22. The molecule has 0 bridgehead atoms. The molecule has 4 nitrogen and oxygen atoms in total. The van der Waals surface area contributed by atoms with Crippen molar-refractivity contribution in [2.24, 2.45) is 18.8 Å². The molecule has 1 rings (SSSR count). The molecule has 1 aromatic heterocycles. The molecular formula is C10H20N4. The number of nitrogens with two attached hydrogens (primary N) is 1. The van der Waals surface area contributed by atoms with E-state index in [1.54, 1.807) is 0 Å². The molecule has 0 aliphatic carbocycles. The number of aromatic nitrogens is 2. The van der Waals surface area contributed by atoms with Gasteiger partial charge in [-0.25, -0.2) is 0 Å². The van der Waals surface area contributed by atoms with E-state index < -0.39 is 0 Å². The van der Waals surface area contributed by atoms with Crippen molar-refractivity contribution in [2.75, 3.05) is 0 Å². The van der Waals surface area contributed by atoms with Crippen LogP contribution in [0.3, 0.4) is 0 Å². The molecule has 0 fully saturated rings. The molecule has 1 unspecified atom stereocenters. The van der Waals surface area contributed by atoms with Gasteiger partial charge in [-0.2, -0.15) is 5.10 Å². The second kappa shape index (κ2) is 5.12. The van der Waals surface area contributed by atoms with Gasteiger partial charge in [0.25, 0.3) is 0 Å². The van der Waals surface area contributed by atoms with Gasteiger partial charge in [0, 0.05) is 25.7 Å². The zero-order chi connectivity index (χ0) is 10.6. The van der Waals surface area contributed by atoms with E-state index in [0.29, 0.717) is 12.0 Å². The highest BCUT2D eigenvalue weighted by atomic mass is 15.3. The number of hydrogen-bond acceptors (Lipinski definition) is 3. The van der Waals surface area contributed by atoms with Crippen LogP contribution in [0, 0.1) is 5.92 Å². The zero-order valence-electron chi connectivity index (χ0n) is 9.20. The van der Waals surface area contributed by atoms with Crippen LogP contribution < -0.4 is 11.3 Å². The van der Waals surface area contributed by atoms with Crippen molar-refractivity contribution in [3.05, 3.63) is 18.0 Å². The number of nitrogens with one attached hydrogen (secondary N) is 1. The summed E-state index contributed by atoms with van der Waals surface area (Å²) in [5, 5.41) is 4.33. The van der Waals surface area contributed by atoms with Gasteiger partial charge < -0.3 is 0 Å². The van der Waals surface area contributed by atoms with Gasteiger partial charge in [0.1, 0.15) is 0 Å². The average Bonchev–Trinajstić information content (AvgIpc) is 2.49. The molecule has 0 aliphatic heterocycles. The predicted octanol–water partition coefficient (Wildman–Crippen LogP) is 0.841. The standard InChI is InChI=1S/C10H20N4/c1-8(2)6-10(12-11)7-9-4-5-14(3)13-9/h4-5,8,10,12H,6-7,11H2,1-3H3. The summed E-state index contributed by atoms with van der Waals surface area (Å²) in [5.41, 5.74) is 3.94. The van der Waals surface area contributed by atoms with E-state index in [9.17, 15) is 0 Å². The molecule has 0 aliphatic rings. The maximum atomic E-state index is 5.49. The first kappa shape index (κ1) is 11.2. The lowest BCUT2D eigenvalue weighted by molar-refractivity contribution is 0.419. The lowest BCUT2D eigenvalue weighted by Crippen LogP contribution is -2.37. The normalized spacial score (nSPS) is 13.5. The topological polar surface area (TPSA) is 55.9 Å². The fourth-order valence-corrected chi connectivity index (χ4v) is 1.60. The quantitative estimate of drug-likeness (QED) is 0.542. The van der Waals surface area contributed by atoms with Gasteiger partial charge in [0.15, 0.2) is 0 Å². The third kappa shape index (κ3) is 3.47. The molecule has 0 aromatic carbocycles. The van der Waals surface area contributed by atoms with Gasteiger partial charge in [-0.3, -0.25) is 16.0 Å². The Morgan fingerprint density at radius 1 is 1.57 bits per heavy atom. The highest BCUT2D eigenvalue weighted by Crippen LogP contribution is 2.08. The van der Waals surface area contributed by atoms with E-state index >= 15 is 0 Å². The van der Waals surface area contributed by atoms with Crippen LogP contribution >= 0.6 is 0 Å². The zero-order valence-corrected chi connectivity index (χ0v) is 9.20.